The Kier molecular flexibility index (Phi) is 7.23. The monoisotopic (exact) mass is 523 g/mol. The number of hydrogen-bond acceptors (Lipinski definition) is 7. The van der Waals surface area contributed by atoms with Gasteiger partial charge in [0.25, 0.3) is 0 Å². The summed E-state index contributed by atoms with van der Waals surface area (Å²) < 4.78 is 47.6. The highest BCUT2D eigenvalue weighted by molar-refractivity contribution is 6.31. The van der Waals surface area contributed by atoms with Crippen LogP contribution in [0.25, 0.3) is 11.2 Å². The molecule has 2 aromatic heterocycles. The molecule has 8 nitrogen and oxygen atoms in total. The molecule has 1 saturated heterocycles. The molecule has 1 saturated carbocycles. The van der Waals surface area contributed by atoms with E-state index in [1.807, 2.05) is 4.57 Å². The lowest BCUT2D eigenvalue weighted by Gasteiger charge is -2.30. The summed E-state index contributed by atoms with van der Waals surface area (Å²) in [7, 11) is 0. The number of fused-ring (bicyclic) bond motifs is 1. The Hall–Kier alpha value is -2.63. The van der Waals surface area contributed by atoms with Crippen LogP contribution in [-0.4, -0.2) is 45.3 Å². The van der Waals surface area contributed by atoms with Crippen LogP contribution in [0.15, 0.2) is 24.4 Å². The third kappa shape index (κ3) is 5.52. The first-order valence-corrected chi connectivity index (χ1v) is 12.6. The molecule has 4 N–H and O–H groups in total. The maximum absolute atomic E-state index is 13.4. The number of anilines is 3. The molecule has 194 valence electrons. The molecule has 3 aromatic rings. The summed E-state index contributed by atoms with van der Waals surface area (Å²) in [4.78, 5) is 13.9. The Labute approximate surface area is 211 Å². The maximum Gasteiger partial charge on any atom is 0.416 e. The van der Waals surface area contributed by atoms with Crippen LogP contribution < -0.4 is 16.4 Å². The number of hydrogen-bond donors (Lipinski definition) is 3. The predicted octanol–water partition coefficient (Wildman–Crippen LogP) is 5.52. The first-order chi connectivity index (χ1) is 17.3. The number of nitrogens with two attached hydrogens (primary N) is 1. The number of nitrogens with one attached hydrogen (secondary N) is 2. The first kappa shape index (κ1) is 25.0. The summed E-state index contributed by atoms with van der Waals surface area (Å²) in [5.41, 5.74) is 6.46. The SMILES string of the molecule is NCC1CCC(n2c(Nc3cc(Cl)cc(C(F)(F)F)c3)nc3cnc(NC4CCOCC4)nc32)CC1. The van der Waals surface area contributed by atoms with Gasteiger partial charge in [0.1, 0.15) is 5.52 Å². The van der Waals surface area contributed by atoms with Crippen molar-refractivity contribution in [2.75, 3.05) is 30.4 Å². The molecule has 36 heavy (non-hydrogen) atoms. The molecule has 0 radical (unpaired) electrons. The van der Waals surface area contributed by atoms with Gasteiger partial charge in [-0.25, -0.2) is 9.97 Å². The second-order valence-electron chi connectivity index (χ2n) is 9.50. The van der Waals surface area contributed by atoms with Gasteiger partial charge >= 0.3 is 6.18 Å². The summed E-state index contributed by atoms with van der Waals surface area (Å²) >= 11 is 6.02. The van der Waals surface area contributed by atoms with E-state index < -0.39 is 11.7 Å². The summed E-state index contributed by atoms with van der Waals surface area (Å²) in [6.07, 6.45) is 2.55. The predicted molar refractivity (Wildman–Crippen MR) is 133 cm³/mol. The smallest absolute Gasteiger partial charge is 0.381 e. The molecule has 1 aliphatic heterocycles. The van der Waals surface area contributed by atoms with Crippen LogP contribution in [0.5, 0.6) is 0 Å². The molecule has 0 amide bonds. The third-order valence-corrected chi connectivity index (χ3v) is 7.20. The molecule has 1 aliphatic carbocycles. The fourth-order valence-electron chi connectivity index (χ4n) is 5.01. The lowest BCUT2D eigenvalue weighted by atomic mass is 9.86. The lowest BCUT2D eigenvalue weighted by Crippen LogP contribution is -2.28. The van der Waals surface area contributed by atoms with E-state index in [9.17, 15) is 13.2 Å². The largest absolute Gasteiger partial charge is 0.416 e. The fourth-order valence-corrected chi connectivity index (χ4v) is 5.25. The number of alkyl halides is 3. The van der Waals surface area contributed by atoms with Crippen LogP contribution in [0, 0.1) is 5.92 Å². The maximum atomic E-state index is 13.4. The molecular formula is C24H29ClF3N7O. The van der Waals surface area contributed by atoms with Crippen LogP contribution in [0.4, 0.5) is 30.8 Å². The summed E-state index contributed by atoms with van der Waals surface area (Å²) in [5.74, 6) is 1.38. The Balaban J connectivity index is 1.51. The average Bonchev–Trinajstić information content (AvgIpc) is 3.21. The number of benzene rings is 1. The normalized spacial score (nSPS) is 21.6. The van der Waals surface area contributed by atoms with Crippen LogP contribution in [0.3, 0.4) is 0 Å². The van der Waals surface area contributed by atoms with Crippen molar-refractivity contribution < 1.29 is 17.9 Å². The molecule has 0 spiro atoms. The second-order valence-corrected chi connectivity index (χ2v) is 9.94. The van der Waals surface area contributed by atoms with E-state index in [1.54, 1.807) is 6.20 Å². The quantitative estimate of drug-likeness (QED) is 0.390. The van der Waals surface area contributed by atoms with Crippen molar-refractivity contribution in [3.05, 3.63) is 35.0 Å². The van der Waals surface area contributed by atoms with E-state index in [0.29, 0.717) is 48.7 Å². The molecule has 0 unspecified atom stereocenters. The minimum atomic E-state index is -4.52. The van der Waals surface area contributed by atoms with Gasteiger partial charge in [-0.2, -0.15) is 18.2 Å². The highest BCUT2D eigenvalue weighted by Crippen LogP contribution is 2.38. The highest BCUT2D eigenvalue weighted by atomic mass is 35.5. The van der Waals surface area contributed by atoms with Crippen LogP contribution >= 0.6 is 11.6 Å². The number of halogens is 4. The van der Waals surface area contributed by atoms with Crippen molar-refractivity contribution in [1.82, 2.24) is 19.5 Å². The Morgan fingerprint density at radius 1 is 1.06 bits per heavy atom. The van der Waals surface area contributed by atoms with Crippen molar-refractivity contribution >= 4 is 40.3 Å². The fraction of sp³-hybridized carbons (Fsp3) is 0.542. The van der Waals surface area contributed by atoms with Crippen molar-refractivity contribution in [3.63, 3.8) is 0 Å². The van der Waals surface area contributed by atoms with Crippen molar-refractivity contribution in [1.29, 1.82) is 0 Å². The summed E-state index contributed by atoms with van der Waals surface area (Å²) in [5, 5.41) is 6.45. The topological polar surface area (TPSA) is 103 Å². The zero-order chi connectivity index (χ0) is 25.3. The van der Waals surface area contributed by atoms with Gasteiger partial charge in [-0.1, -0.05) is 11.6 Å². The zero-order valence-corrected chi connectivity index (χ0v) is 20.4. The molecule has 0 atom stereocenters. The summed E-state index contributed by atoms with van der Waals surface area (Å²) in [6.45, 7) is 2.03. The van der Waals surface area contributed by atoms with E-state index in [2.05, 4.69) is 20.6 Å². The van der Waals surface area contributed by atoms with E-state index in [1.165, 1.54) is 6.07 Å². The van der Waals surface area contributed by atoms with Gasteiger partial charge < -0.3 is 21.1 Å². The Bertz CT molecular complexity index is 1200. The standard InChI is InChI=1S/C24H29ClF3N7O/c25-16-9-15(24(26,27)28)10-18(11-16)32-23-33-20-13-30-22(31-17-5-7-36-8-6-17)34-21(20)35(23)19-3-1-14(12-29)2-4-19/h9-11,13-14,17,19H,1-8,12,29H2,(H,32,33)(H,30,31,34). The molecule has 2 fully saturated rings. The van der Waals surface area contributed by atoms with Crippen molar-refractivity contribution in [3.8, 4) is 0 Å². The molecule has 1 aromatic carbocycles. The van der Waals surface area contributed by atoms with Crippen molar-refractivity contribution in [2.24, 2.45) is 11.7 Å². The molecule has 0 bridgehead atoms. The Morgan fingerprint density at radius 3 is 2.50 bits per heavy atom. The number of imidazole rings is 1. The van der Waals surface area contributed by atoms with Gasteiger partial charge in [0.15, 0.2) is 5.65 Å². The number of aromatic nitrogens is 4. The van der Waals surface area contributed by atoms with Crippen molar-refractivity contribution in [2.45, 2.75) is 56.8 Å². The molecule has 12 heteroatoms. The van der Waals surface area contributed by atoms with E-state index in [4.69, 9.17) is 27.1 Å². The molecular weight excluding hydrogens is 495 g/mol. The van der Waals surface area contributed by atoms with Gasteiger partial charge in [0.05, 0.1) is 11.8 Å². The van der Waals surface area contributed by atoms with Gasteiger partial charge in [-0.05, 0) is 69.2 Å². The number of rotatable bonds is 6. The third-order valence-electron chi connectivity index (χ3n) is 6.98. The van der Waals surface area contributed by atoms with Gasteiger partial charge in [0.2, 0.25) is 11.9 Å². The minimum absolute atomic E-state index is 0.0128. The second kappa shape index (κ2) is 10.4. The Morgan fingerprint density at radius 2 is 1.81 bits per heavy atom. The molecule has 3 heterocycles. The highest BCUT2D eigenvalue weighted by Gasteiger charge is 2.32. The first-order valence-electron chi connectivity index (χ1n) is 12.2. The summed E-state index contributed by atoms with van der Waals surface area (Å²) in [6, 6.07) is 3.69. The molecule has 5 rings (SSSR count). The van der Waals surface area contributed by atoms with E-state index in [0.717, 1.165) is 50.7 Å². The van der Waals surface area contributed by atoms with Crippen LogP contribution in [0.1, 0.15) is 50.1 Å². The van der Waals surface area contributed by atoms with Gasteiger partial charge in [0, 0.05) is 36.0 Å². The van der Waals surface area contributed by atoms with Crippen LogP contribution in [0.2, 0.25) is 5.02 Å². The van der Waals surface area contributed by atoms with E-state index in [-0.39, 0.29) is 22.8 Å². The zero-order valence-electron chi connectivity index (χ0n) is 19.7. The number of ether oxygens (including phenoxy) is 1. The van der Waals surface area contributed by atoms with Crippen LogP contribution in [-0.2, 0) is 10.9 Å². The van der Waals surface area contributed by atoms with Gasteiger partial charge in [-0.15, -0.1) is 0 Å². The van der Waals surface area contributed by atoms with E-state index >= 15 is 0 Å². The average molecular weight is 524 g/mol. The number of nitrogens with zero attached hydrogens (tertiary/aromatic N) is 4. The minimum Gasteiger partial charge on any atom is -0.381 e. The van der Waals surface area contributed by atoms with Gasteiger partial charge in [-0.3, -0.25) is 4.57 Å². The lowest BCUT2D eigenvalue weighted by molar-refractivity contribution is -0.137. The molecule has 2 aliphatic rings.